The molecular weight excluding hydrogens is 186 g/mol. The van der Waals surface area contributed by atoms with Crippen molar-refractivity contribution >= 4 is 17.7 Å². The first kappa shape index (κ1) is 9.97. The van der Waals surface area contributed by atoms with Gasteiger partial charge in [-0.1, -0.05) is 0 Å². The number of rotatable bonds is 2. The molecule has 0 aromatic carbocycles. The minimum atomic E-state index is -1.55. The van der Waals surface area contributed by atoms with E-state index in [1.165, 1.54) is 0 Å². The van der Waals surface area contributed by atoms with Crippen molar-refractivity contribution in [2.24, 2.45) is 0 Å². The van der Waals surface area contributed by atoms with Crippen LogP contribution in [0.5, 0.6) is 0 Å². The molecule has 0 unspecified atom stereocenters. The van der Waals surface area contributed by atoms with Crippen molar-refractivity contribution in [1.82, 2.24) is 10.4 Å². The maximum absolute atomic E-state index is 10.6. The van der Waals surface area contributed by atoms with Gasteiger partial charge in [0.2, 0.25) is 0 Å². The lowest BCUT2D eigenvalue weighted by molar-refractivity contribution is -0.149. The van der Waals surface area contributed by atoms with Crippen LogP contribution in [0, 0.1) is 6.92 Å². The molecule has 1 aromatic heterocycles. The Labute approximate surface area is 79.9 Å². The van der Waals surface area contributed by atoms with Gasteiger partial charge in [-0.15, -0.1) is 0 Å². The smallest absolute Gasteiger partial charge is 0.396 e. The Morgan fingerprint density at radius 1 is 1.50 bits per heavy atom. The highest BCUT2D eigenvalue weighted by atomic mass is 16.4. The van der Waals surface area contributed by atoms with E-state index >= 15 is 0 Å². The third-order valence-electron chi connectivity index (χ3n) is 1.41. The third-order valence-corrected chi connectivity index (χ3v) is 1.41. The second-order valence-corrected chi connectivity index (χ2v) is 2.60. The number of anilines is 1. The van der Waals surface area contributed by atoms with Crippen molar-refractivity contribution in [3.63, 3.8) is 0 Å². The number of hydrogen-bond donors (Lipinski definition) is 3. The maximum Gasteiger partial charge on any atom is 0.396 e. The van der Waals surface area contributed by atoms with Gasteiger partial charge in [-0.3, -0.25) is 15.6 Å². The molecule has 0 aliphatic rings. The quantitative estimate of drug-likeness (QED) is 0.453. The first-order chi connectivity index (χ1) is 6.59. The molecule has 14 heavy (non-hydrogen) atoms. The molecule has 1 heterocycles. The molecule has 3 N–H and O–H groups in total. The van der Waals surface area contributed by atoms with E-state index in [0.29, 0.717) is 5.82 Å². The van der Waals surface area contributed by atoms with Crippen LogP contribution in [-0.4, -0.2) is 22.0 Å². The molecule has 6 heteroatoms. The summed E-state index contributed by atoms with van der Waals surface area (Å²) in [6, 6.07) is 3.45. The molecule has 0 saturated heterocycles. The standard InChI is InChI=1S/C8H9N3O3/c1-5-2-3-9-6(4-5)10-11-7(12)8(13)14/h2-4H,1H3,(H,9,10)(H,11,12)(H,13,14). The van der Waals surface area contributed by atoms with Crippen LogP contribution in [0.15, 0.2) is 18.3 Å². The number of aromatic nitrogens is 1. The summed E-state index contributed by atoms with van der Waals surface area (Å²) in [7, 11) is 0. The Kier molecular flexibility index (Phi) is 3.01. The van der Waals surface area contributed by atoms with Crippen LogP contribution >= 0.6 is 0 Å². The Hall–Kier alpha value is -2.11. The van der Waals surface area contributed by atoms with E-state index in [2.05, 4.69) is 10.4 Å². The molecule has 1 aromatic rings. The number of carboxylic acid groups (broad SMARTS) is 1. The molecule has 74 valence electrons. The zero-order valence-corrected chi connectivity index (χ0v) is 7.44. The van der Waals surface area contributed by atoms with Crippen LogP contribution in [-0.2, 0) is 9.59 Å². The van der Waals surface area contributed by atoms with Crippen LogP contribution in [0.25, 0.3) is 0 Å². The van der Waals surface area contributed by atoms with Gasteiger partial charge in [0.05, 0.1) is 0 Å². The summed E-state index contributed by atoms with van der Waals surface area (Å²) in [5.74, 6) is -2.29. The number of carbonyl (C=O) groups excluding carboxylic acids is 1. The van der Waals surface area contributed by atoms with Crippen molar-refractivity contribution in [2.45, 2.75) is 6.92 Å². The summed E-state index contributed by atoms with van der Waals surface area (Å²) in [6.45, 7) is 1.85. The summed E-state index contributed by atoms with van der Waals surface area (Å²) in [5.41, 5.74) is 5.30. The van der Waals surface area contributed by atoms with Crippen LogP contribution in [0.3, 0.4) is 0 Å². The first-order valence-electron chi connectivity index (χ1n) is 3.81. The summed E-state index contributed by atoms with van der Waals surface area (Å²) in [6.07, 6.45) is 1.55. The molecule has 0 spiro atoms. The zero-order chi connectivity index (χ0) is 10.6. The van der Waals surface area contributed by atoms with Gasteiger partial charge in [-0.25, -0.2) is 9.78 Å². The average Bonchev–Trinajstić information content (AvgIpc) is 2.14. The molecule has 6 nitrogen and oxygen atoms in total. The van der Waals surface area contributed by atoms with Gasteiger partial charge in [-0.05, 0) is 24.6 Å². The molecule has 0 aliphatic heterocycles. The van der Waals surface area contributed by atoms with Crippen LogP contribution in [0.2, 0.25) is 0 Å². The summed E-state index contributed by atoms with van der Waals surface area (Å²) in [4.78, 5) is 24.6. The van der Waals surface area contributed by atoms with Gasteiger partial charge in [0.25, 0.3) is 0 Å². The molecule has 0 bridgehead atoms. The van der Waals surface area contributed by atoms with E-state index in [-0.39, 0.29) is 0 Å². The van der Waals surface area contributed by atoms with Crippen molar-refractivity contribution < 1.29 is 14.7 Å². The molecule has 0 saturated carbocycles. The SMILES string of the molecule is Cc1ccnc(NNC(=O)C(=O)O)c1. The normalized spacial score (nSPS) is 9.21. The van der Waals surface area contributed by atoms with E-state index in [0.717, 1.165) is 5.56 Å². The lowest BCUT2D eigenvalue weighted by Gasteiger charge is -2.05. The molecule has 0 fully saturated rings. The van der Waals surface area contributed by atoms with E-state index in [4.69, 9.17) is 5.11 Å². The molecule has 0 radical (unpaired) electrons. The van der Waals surface area contributed by atoms with Gasteiger partial charge in [0, 0.05) is 6.20 Å². The largest absolute Gasteiger partial charge is 0.474 e. The number of hydrogen-bond acceptors (Lipinski definition) is 4. The number of aliphatic carboxylic acids is 1. The fourth-order valence-electron chi connectivity index (χ4n) is 0.779. The van der Waals surface area contributed by atoms with E-state index in [1.54, 1.807) is 18.3 Å². The molecule has 1 rings (SSSR count). The lowest BCUT2D eigenvalue weighted by Crippen LogP contribution is -2.35. The number of pyridine rings is 1. The average molecular weight is 195 g/mol. The molecule has 0 aliphatic carbocycles. The lowest BCUT2D eigenvalue weighted by atomic mass is 10.3. The minimum Gasteiger partial charge on any atom is -0.474 e. The predicted octanol–water partition coefficient (Wildman–Crippen LogP) is -0.0823. The number of aryl methyl sites for hydroxylation is 1. The first-order valence-corrected chi connectivity index (χ1v) is 3.81. The maximum atomic E-state index is 10.6. The van der Waals surface area contributed by atoms with Crippen LogP contribution < -0.4 is 10.9 Å². The second-order valence-electron chi connectivity index (χ2n) is 2.60. The van der Waals surface area contributed by atoms with Gasteiger partial charge < -0.3 is 5.11 Å². The van der Waals surface area contributed by atoms with Gasteiger partial charge in [0.15, 0.2) is 0 Å². The number of nitrogens with zero attached hydrogens (tertiary/aromatic N) is 1. The van der Waals surface area contributed by atoms with Crippen molar-refractivity contribution in [3.8, 4) is 0 Å². The number of carboxylic acids is 1. The van der Waals surface area contributed by atoms with E-state index in [9.17, 15) is 9.59 Å². The number of hydrazine groups is 1. The summed E-state index contributed by atoms with van der Waals surface area (Å²) in [5, 5.41) is 8.24. The van der Waals surface area contributed by atoms with Crippen LogP contribution in [0.4, 0.5) is 5.82 Å². The Morgan fingerprint density at radius 2 is 2.21 bits per heavy atom. The third kappa shape index (κ3) is 2.74. The highest BCUT2D eigenvalue weighted by Gasteiger charge is 2.09. The highest BCUT2D eigenvalue weighted by Crippen LogP contribution is 2.02. The minimum absolute atomic E-state index is 0.389. The number of nitrogens with one attached hydrogen (secondary N) is 2. The highest BCUT2D eigenvalue weighted by molar-refractivity contribution is 6.31. The predicted molar refractivity (Wildman–Crippen MR) is 48.4 cm³/mol. The van der Waals surface area contributed by atoms with E-state index < -0.39 is 11.9 Å². The van der Waals surface area contributed by atoms with Gasteiger partial charge >= 0.3 is 11.9 Å². The van der Waals surface area contributed by atoms with E-state index in [1.807, 2.05) is 12.3 Å². The topological polar surface area (TPSA) is 91.3 Å². The Bertz CT molecular complexity index is 365. The fourth-order valence-corrected chi connectivity index (χ4v) is 0.779. The number of amides is 1. The zero-order valence-electron chi connectivity index (χ0n) is 7.44. The molecular formula is C8H9N3O3. The van der Waals surface area contributed by atoms with Gasteiger partial charge in [-0.2, -0.15) is 0 Å². The van der Waals surface area contributed by atoms with Gasteiger partial charge in [0.1, 0.15) is 5.82 Å². The van der Waals surface area contributed by atoms with Crippen molar-refractivity contribution in [3.05, 3.63) is 23.9 Å². The molecule has 0 atom stereocenters. The number of carbonyl (C=O) groups is 2. The fraction of sp³-hybridized carbons (Fsp3) is 0.125. The summed E-state index contributed by atoms with van der Waals surface area (Å²) < 4.78 is 0. The van der Waals surface area contributed by atoms with Crippen molar-refractivity contribution in [1.29, 1.82) is 0 Å². The summed E-state index contributed by atoms with van der Waals surface area (Å²) >= 11 is 0. The van der Waals surface area contributed by atoms with Crippen molar-refractivity contribution in [2.75, 3.05) is 5.43 Å². The monoisotopic (exact) mass is 195 g/mol. The Morgan fingerprint density at radius 3 is 2.79 bits per heavy atom. The molecule has 1 amide bonds. The van der Waals surface area contributed by atoms with Crippen LogP contribution in [0.1, 0.15) is 5.56 Å². The Balaban J connectivity index is 2.54. The second kappa shape index (κ2) is 4.22.